The van der Waals surface area contributed by atoms with E-state index >= 15 is 0 Å². The van der Waals surface area contributed by atoms with Crippen LogP contribution in [0.2, 0.25) is 0 Å². The molecular weight excluding hydrogens is 168 g/mol. The Labute approximate surface area is 77.0 Å². The van der Waals surface area contributed by atoms with Gasteiger partial charge >= 0.3 is 0 Å². The highest BCUT2D eigenvalue weighted by Gasteiger charge is 2.16. The molecule has 0 bridgehead atoms. The summed E-state index contributed by atoms with van der Waals surface area (Å²) in [6.07, 6.45) is 2.42. The van der Waals surface area contributed by atoms with Gasteiger partial charge in [-0.2, -0.15) is 0 Å². The molecule has 1 aliphatic heterocycles. The van der Waals surface area contributed by atoms with E-state index in [0.717, 1.165) is 6.54 Å². The molecule has 2 heterocycles. The molecule has 3 heteroatoms. The zero-order chi connectivity index (χ0) is 8.39. The minimum atomic E-state index is 0.376. The van der Waals surface area contributed by atoms with Crippen LogP contribution in [0.15, 0.2) is 17.5 Å². The predicted octanol–water partition coefficient (Wildman–Crippen LogP) is 1.68. The van der Waals surface area contributed by atoms with E-state index in [1.165, 1.54) is 24.4 Å². The number of hydrogen-bond acceptors (Lipinski definition) is 3. The molecule has 0 spiro atoms. The molecule has 1 atom stereocenters. The second-order valence-corrected chi connectivity index (χ2v) is 4.23. The maximum Gasteiger partial charge on any atom is 0.0908 e. The van der Waals surface area contributed by atoms with Gasteiger partial charge in [0.2, 0.25) is 0 Å². The van der Waals surface area contributed by atoms with E-state index in [-0.39, 0.29) is 0 Å². The van der Waals surface area contributed by atoms with Crippen molar-refractivity contribution in [2.75, 3.05) is 18.0 Å². The van der Waals surface area contributed by atoms with Crippen LogP contribution in [-0.4, -0.2) is 19.1 Å². The summed E-state index contributed by atoms with van der Waals surface area (Å²) >= 11 is 1.80. The zero-order valence-electron chi connectivity index (χ0n) is 7.07. The first-order valence-corrected chi connectivity index (χ1v) is 5.28. The predicted molar refractivity (Wildman–Crippen MR) is 53.7 cm³/mol. The fourth-order valence-electron chi connectivity index (χ4n) is 1.66. The van der Waals surface area contributed by atoms with Gasteiger partial charge in [-0.1, -0.05) is 0 Å². The Bertz CT molecular complexity index is 233. The lowest BCUT2D eigenvalue weighted by molar-refractivity contribution is 0.508. The van der Waals surface area contributed by atoms with Gasteiger partial charge in [-0.15, -0.1) is 11.3 Å². The lowest BCUT2D eigenvalue weighted by Gasteiger charge is -2.31. The molecule has 2 N–H and O–H groups in total. The van der Waals surface area contributed by atoms with Gasteiger partial charge in [0.05, 0.1) is 5.00 Å². The van der Waals surface area contributed by atoms with Gasteiger partial charge in [-0.25, -0.2) is 0 Å². The molecule has 0 amide bonds. The van der Waals surface area contributed by atoms with Crippen molar-refractivity contribution >= 4 is 16.3 Å². The van der Waals surface area contributed by atoms with Crippen LogP contribution >= 0.6 is 11.3 Å². The van der Waals surface area contributed by atoms with E-state index in [2.05, 4.69) is 22.4 Å². The van der Waals surface area contributed by atoms with Crippen molar-refractivity contribution in [1.82, 2.24) is 0 Å². The summed E-state index contributed by atoms with van der Waals surface area (Å²) in [5, 5.41) is 3.49. The third kappa shape index (κ3) is 1.62. The average molecular weight is 182 g/mol. The van der Waals surface area contributed by atoms with Crippen LogP contribution in [0.4, 0.5) is 5.00 Å². The first-order chi connectivity index (χ1) is 5.86. The highest BCUT2D eigenvalue weighted by Crippen LogP contribution is 2.24. The minimum Gasteiger partial charge on any atom is -0.362 e. The van der Waals surface area contributed by atoms with E-state index < -0.39 is 0 Å². The summed E-state index contributed by atoms with van der Waals surface area (Å²) in [6.45, 7) is 2.20. The normalized spacial score (nSPS) is 24.4. The van der Waals surface area contributed by atoms with Gasteiger partial charge in [-0.05, 0) is 30.4 Å². The third-order valence-corrected chi connectivity index (χ3v) is 3.20. The number of thiophene rings is 1. The Morgan fingerprint density at radius 3 is 3.17 bits per heavy atom. The Kier molecular flexibility index (Phi) is 2.33. The molecule has 1 fully saturated rings. The number of anilines is 1. The Morgan fingerprint density at radius 2 is 2.50 bits per heavy atom. The third-order valence-electron chi connectivity index (χ3n) is 2.28. The van der Waals surface area contributed by atoms with Crippen molar-refractivity contribution in [1.29, 1.82) is 0 Å². The number of hydrogen-bond donors (Lipinski definition) is 1. The highest BCUT2D eigenvalue weighted by molar-refractivity contribution is 7.14. The second kappa shape index (κ2) is 3.46. The topological polar surface area (TPSA) is 29.3 Å². The monoisotopic (exact) mass is 182 g/mol. The van der Waals surface area contributed by atoms with Gasteiger partial charge in [-0.3, -0.25) is 0 Å². The molecule has 12 heavy (non-hydrogen) atoms. The largest absolute Gasteiger partial charge is 0.362 e. The lowest BCUT2D eigenvalue weighted by atomic mass is 10.1. The first kappa shape index (κ1) is 8.08. The fourth-order valence-corrected chi connectivity index (χ4v) is 2.43. The summed E-state index contributed by atoms with van der Waals surface area (Å²) in [6, 6.07) is 4.64. The summed E-state index contributed by atoms with van der Waals surface area (Å²) in [5.74, 6) is 0. The van der Waals surface area contributed by atoms with E-state index in [4.69, 9.17) is 5.73 Å². The molecule has 0 saturated carbocycles. The fraction of sp³-hybridized carbons (Fsp3) is 0.556. The van der Waals surface area contributed by atoms with Crippen LogP contribution in [0.3, 0.4) is 0 Å². The van der Waals surface area contributed by atoms with Crippen molar-refractivity contribution in [3.05, 3.63) is 17.5 Å². The van der Waals surface area contributed by atoms with Crippen molar-refractivity contribution in [3.8, 4) is 0 Å². The summed E-state index contributed by atoms with van der Waals surface area (Å²) < 4.78 is 0. The maximum atomic E-state index is 5.89. The number of nitrogens with zero attached hydrogens (tertiary/aromatic N) is 1. The Morgan fingerprint density at radius 1 is 1.58 bits per heavy atom. The standard InChI is InChI=1S/C9H14N2S/c10-8-3-1-5-11(7-8)9-4-2-6-12-9/h2,4,6,8H,1,3,5,7,10H2. The summed E-state index contributed by atoms with van der Waals surface area (Å²) in [4.78, 5) is 2.39. The lowest BCUT2D eigenvalue weighted by Crippen LogP contribution is -2.42. The molecule has 66 valence electrons. The first-order valence-electron chi connectivity index (χ1n) is 4.40. The van der Waals surface area contributed by atoms with Crippen LogP contribution in [-0.2, 0) is 0 Å². The molecule has 0 aromatic carbocycles. The van der Waals surface area contributed by atoms with Crippen LogP contribution in [0, 0.1) is 0 Å². The molecule has 2 rings (SSSR count). The van der Waals surface area contributed by atoms with E-state index in [0.29, 0.717) is 6.04 Å². The van der Waals surface area contributed by atoms with E-state index in [9.17, 15) is 0 Å². The molecule has 2 nitrogen and oxygen atoms in total. The quantitative estimate of drug-likeness (QED) is 0.716. The van der Waals surface area contributed by atoms with Crippen molar-refractivity contribution in [2.24, 2.45) is 5.73 Å². The molecule has 1 aromatic heterocycles. The Balaban J connectivity index is 2.04. The van der Waals surface area contributed by atoms with Crippen molar-refractivity contribution in [2.45, 2.75) is 18.9 Å². The SMILES string of the molecule is NC1CCCN(c2cccs2)C1. The Hall–Kier alpha value is -0.540. The van der Waals surface area contributed by atoms with Gasteiger partial charge < -0.3 is 10.6 Å². The van der Waals surface area contributed by atoms with Crippen LogP contribution in [0.25, 0.3) is 0 Å². The van der Waals surface area contributed by atoms with Crippen LogP contribution < -0.4 is 10.6 Å². The number of rotatable bonds is 1. The van der Waals surface area contributed by atoms with Crippen molar-refractivity contribution < 1.29 is 0 Å². The number of nitrogens with two attached hydrogens (primary N) is 1. The van der Waals surface area contributed by atoms with E-state index in [1.54, 1.807) is 11.3 Å². The van der Waals surface area contributed by atoms with Gasteiger partial charge in [0.1, 0.15) is 0 Å². The van der Waals surface area contributed by atoms with Crippen LogP contribution in [0.1, 0.15) is 12.8 Å². The maximum absolute atomic E-state index is 5.89. The smallest absolute Gasteiger partial charge is 0.0908 e. The minimum absolute atomic E-state index is 0.376. The summed E-state index contributed by atoms with van der Waals surface area (Å²) in [5.41, 5.74) is 5.89. The average Bonchev–Trinajstić information content (AvgIpc) is 2.56. The van der Waals surface area contributed by atoms with Gasteiger partial charge in [0.15, 0.2) is 0 Å². The zero-order valence-corrected chi connectivity index (χ0v) is 7.89. The van der Waals surface area contributed by atoms with E-state index in [1.807, 2.05) is 0 Å². The second-order valence-electron chi connectivity index (χ2n) is 3.30. The van der Waals surface area contributed by atoms with Gasteiger partial charge in [0.25, 0.3) is 0 Å². The van der Waals surface area contributed by atoms with Crippen molar-refractivity contribution in [3.63, 3.8) is 0 Å². The molecule has 1 aliphatic rings. The van der Waals surface area contributed by atoms with Gasteiger partial charge in [0, 0.05) is 19.1 Å². The molecule has 1 unspecified atom stereocenters. The molecule has 1 aromatic rings. The number of piperidine rings is 1. The molecule has 0 radical (unpaired) electrons. The molecular formula is C9H14N2S. The molecule has 1 saturated heterocycles. The van der Waals surface area contributed by atoms with Crippen LogP contribution in [0.5, 0.6) is 0 Å². The highest BCUT2D eigenvalue weighted by atomic mass is 32.1. The molecule has 0 aliphatic carbocycles. The summed E-state index contributed by atoms with van der Waals surface area (Å²) in [7, 11) is 0.